The van der Waals surface area contributed by atoms with Crippen LogP contribution in [0.1, 0.15) is 46.8 Å². The first kappa shape index (κ1) is 16.9. The van der Waals surface area contributed by atoms with E-state index in [1.54, 1.807) is 0 Å². The molecule has 0 saturated carbocycles. The maximum Gasteiger partial charge on any atom is 0.114 e. The van der Waals surface area contributed by atoms with Gasteiger partial charge < -0.3 is 25.5 Å². The molecule has 0 aliphatic rings. The molecule has 5 N–H and O–H groups in total. The number of rotatable bonds is 11. The maximum atomic E-state index is 9.79. The lowest BCUT2D eigenvalue weighted by Crippen LogP contribution is -2.48. The molecule has 0 heterocycles. The second-order valence-electron chi connectivity index (χ2n) is 4.63. The van der Waals surface area contributed by atoms with Gasteiger partial charge in [0.05, 0.1) is 6.61 Å². The van der Waals surface area contributed by atoms with E-state index in [1.165, 1.54) is 0 Å². The Balaban J connectivity index is 4.25. The normalized spacial score (nSPS) is 20.2. The molecule has 0 amide bonds. The smallest absolute Gasteiger partial charge is 0.114 e. The molecule has 0 bridgehead atoms. The van der Waals surface area contributed by atoms with Crippen LogP contribution >= 0.6 is 12.2 Å². The number of aliphatic hydroxyl groups excluding tert-OH is 5. The zero-order valence-electron chi connectivity index (χ0n) is 12.3. The predicted molar refractivity (Wildman–Crippen MR) is 77.1 cm³/mol. The average Bonchev–Trinajstić information content (AvgIpc) is 2.44. The number of thiocarbonyl (C=S) groups is 1. The molecule has 0 spiro atoms. The Morgan fingerprint density at radius 3 is 2.26 bits per heavy atom. The summed E-state index contributed by atoms with van der Waals surface area (Å²) in [4.78, 5) is 0.0817. The molecule has 5 nitrogen and oxygen atoms in total. The highest BCUT2D eigenvalue weighted by molar-refractivity contribution is 7.80. The van der Waals surface area contributed by atoms with Crippen LogP contribution in [-0.4, -0.2) is 61.4 Å². The van der Waals surface area contributed by atoms with E-state index in [-0.39, 0.29) is 11.3 Å². The molecule has 114 valence electrons. The lowest BCUT2D eigenvalue weighted by molar-refractivity contribution is -0.101. The van der Waals surface area contributed by atoms with Gasteiger partial charge in [0.2, 0.25) is 0 Å². The average molecular weight is 295 g/mol. The molecule has 0 radical (unpaired) electrons. The van der Waals surface area contributed by atoms with E-state index in [0.29, 0.717) is 6.42 Å². The van der Waals surface area contributed by atoms with Gasteiger partial charge in [0, 0.05) is 6.24 Å². The summed E-state index contributed by atoms with van der Waals surface area (Å²) < 4.78 is 7.81. The topological polar surface area (TPSA) is 101 Å². The molecule has 6 heteroatoms. The first-order valence-electron chi connectivity index (χ1n) is 7.20. The molecule has 19 heavy (non-hydrogen) atoms. The highest BCUT2D eigenvalue weighted by Gasteiger charge is 2.31. The van der Waals surface area contributed by atoms with Crippen LogP contribution in [0.15, 0.2) is 0 Å². The van der Waals surface area contributed by atoms with Crippen molar-refractivity contribution in [3.63, 3.8) is 0 Å². The fourth-order valence-electron chi connectivity index (χ4n) is 1.62. The van der Waals surface area contributed by atoms with Gasteiger partial charge in [0.1, 0.15) is 24.4 Å². The summed E-state index contributed by atoms with van der Waals surface area (Å²) in [5, 5.41) is 46.8. The van der Waals surface area contributed by atoms with Crippen molar-refractivity contribution in [1.82, 2.24) is 0 Å². The predicted octanol–water partition coefficient (Wildman–Crippen LogP) is 0.153. The van der Waals surface area contributed by atoms with Crippen molar-refractivity contribution in [3.8, 4) is 0 Å². The van der Waals surface area contributed by atoms with Crippen molar-refractivity contribution in [1.29, 1.82) is 0 Å². The third-order valence-corrected chi connectivity index (χ3v) is 3.35. The van der Waals surface area contributed by atoms with Gasteiger partial charge in [-0.25, -0.2) is 0 Å². The molecule has 0 saturated heterocycles. The second kappa shape index (κ2) is 10.7. The van der Waals surface area contributed by atoms with Gasteiger partial charge in [-0.2, -0.15) is 0 Å². The fraction of sp³-hybridized carbons (Fsp3) is 0.923. The summed E-state index contributed by atoms with van der Waals surface area (Å²) in [5.74, 6) is 0. The zero-order valence-corrected chi connectivity index (χ0v) is 12.1. The molecule has 0 rings (SSSR count). The molecular weight excluding hydrogens is 268 g/mol. The van der Waals surface area contributed by atoms with Crippen LogP contribution < -0.4 is 0 Å². The molecule has 0 aliphatic carbocycles. The van der Waals surface area contributed by atoms with Crippen molar-refractivity contribution >= 4 is 17.1 Å². The Hall–Kier alpha value is -0.110. The molecule has 0 aromatic heterocycles. The SMILES string of the molecule is [2H]C(CCCCC)CC(=S)[C@H](O)[C@@H](O)[C@H](O)[C@H](O)CO. The number of hydrogen-bond donors (Lipinski definition) is 5. The largest absolute Gasteiger partial charge is 0.394 e. The third kappa shape index (κ3) is 7.29. The Kier molecular flexibility index (Phi) is 9.50. The van der Waals surface area contributed by atoms with Gasteiger partial charge in [-0.3, -0.25) is 0 Å². The summed E-state index contributed by atoms with van der Waals surface area (Å²) >= 11 is 4.96. The highest BCUT2D eigenvalue weighted by atomic mass is 32.1. The summed E-state index contributed by atoms with van der Waals surface area (Å²) in [6, 6.07) is 0. The van der Waals surface area contributed by atoms with Crippen LogP contribution in [0.25, 0.3) is 0 Å². The summed E-state index contributed by atoms with van der Waals surface area (Å²) in [5.41, 5.74) is 0. The number of hydrogen-bond acceptors (Lipinski definition) is 6. The van der Waals surface area contributed by atoms with Gasteiger partial charge in [0.25, 0.3) is 0 Å². The maximum absolute atomic E-state index is 9.79. The van der Waals surface area contributed by atoms with Crippen LogP contribution in [0, 0.1) is 0 Å². The minimum atomic E-state index is -1.68. The van der Waals surface area contributed by atoms with E-state index in [0.717, 1.165) is 19.3 Å². The van der Waals surface area contributed by atoms with Crippen LogP contribution in [0.4, 0.5) is 0 Å². The molecule has 5 atom stereocenters. The highest BCUT2D eigenvalue weighted by Crippen LogP contribution is 2.12. The Morgan fingerprint density at radius 2 is 1.74 bits per heavy atom. The molecular formula is C13H26O5S. The van der Waals surface area contributed by atoms with Gasteiger partial charge in [-0.05, 0) is 12.8 Å². The minimum Gasteiger partial charge on any atom is -0.394 e. The molecule has 1 unspecified atom stereocenters. The van der Waals surface area contributed by atoms with Crippen molar-refractivity contribution in [2.45, 2.75) is 69.8 Å². The third-order valence-electron chi connectivity index (χ3n) is 2.94. The molecule has 0 fully saturated rings. The summed E-state index contributed by atoms with van der Waals surface area (Å²) in [6.45, 7) is 1.34. The minimum absolute atomic E-state index is 0.0817. The van der Waals surface area contributed by atoms with Crippen molar-refractivity contribution in [3.05, 3.63) is 0 Å². The Morgan fingerprint density at radius 1 is 1.11 bits per heavy atom. The van der Waals surface area contributed by atoms with E-state index >= 15 is 0 Å². The van der Waals surface area contributed by atoms with Crippen molar-refractivity contribution < 1.29 is 26.9 Å². The number of aliphatic hydroxyl groups is 5. The quantitative estimate of drug-likeness (QED) is 0.275. The van der Waals surface area contributed by atoms with Gasteiger partial charge in [-0.1, -0.05) is 44.8 Å². The molecule has 0 aliphatic heterocycles. The lowest BCUT2D eigenvalue weighted by atomic mass is 9.98. The Labute approximate surface area is 121 Å². The standard InChI is InChI=1S/C13H26O5S/c1-2-3-4-5-6-7-10(19)12(17)13(18)11(16)9(15)8-14/h9,11-18H,2-8H2,1H3/t9-,11-,12+,13+/m1/s1/i6D/t6?,9-,11-,12+,13+. The number of unbranched alkanes of at least 4 members (excludes halogenated alkanes) is 2. The van der Waals surface area contributed by atoms with E-state index in [4.69, 9.17) is 18.7 Å². The monoisotopic (exact) mass is 295 g/mol. The van der Waals surface area contributed by atoms with E-state index in [9.17, 15) is 20.4 Å². The summed E-state index contributed by atoms with van der Waals surface area (Å²) in [6.07, 6.45) is -3.02. The van der Waals surface area contributed by atoms with E-state index in [2.05, 4.69) is 6.92 Å². The van der Waals surface area contributed by atoms with Crippen LogP contribution in [0.2, 0.25) is 0 Å². The van der Waals surface area contributed by atoms with E-state index < -0.39 is 37.4 Å². The fourth-order valence-corrected chi connectivity index (χ4v) is 1.87. The van der Waals surface area contributed by atoms with Crippen molar-refractivity contribution in [2.24, 2.45) is 0 Å². The first-order chi connectivity index (χ1) is 9.34. The van der Waals surface area contributed by atoms with Gasteiger partial charge >= 0.3 is 0 Å². The molecule has 0 aromatic rings. The zero-order chi connectivity index (χ0) is 15.7. The van der Waals surface area contributed by atoms with Crippen LogP contribution in [-0.2, 0) is 0 Å². The molecule has 0 aromatic carbocycles. The van der Waals surface area contributed by atoms with Crippen LogP contribution in [0.5, 0.6) is 0 Å². The lowest BCUT2D eigenvalue weighted by Gasteiger charge is -2.26. The second-order valence-corrected chi connectivity index (χ2v) is 5.16. The van der Waals surface area contributed by atoms with Crippen molar-refractivity contribution in [2.75, 3.05) is 6.61 Å². The summed E-state index contributed by atoms with van der Waals surface area (Å²) in [7, 11) is 0. The van der Waals surface area contributed by atoms with Gasteiger partial charge in [-0.15, -0.1) is 0 Å². The van der Waals surface area contributed by atoms with Gasteiger partial charge in [0.15, 0.2) is 0 Å². The van der Waals surface area contributed by atoms with E-state index in [1.807, 2.05) is 0 Å². The Bertz CT molecular complexity index is 279. The first-order valence-corrected chi connectivity index (χ1v) is 7.04. The van der Waals surface area contributed by atoms with Crippen LogP contribution in [0.3, 0.4) is 0 Å².